The smallest absolute Gasteiger partial charge is 0.337 e. The highest BCUT2D eigenvalue weighted by Crippen LogP contribution is 2.47. The molecule has 2 saturated heterocycles. The van der Waals surface area contributed by atoms with Gasteiger partial charge in [0, 0.05) is 89.9 Å². The number of carboxylic acids is 2. The average Bonchev–Trinajstić information content (AvgIpc) is 0.760. The van der Waals surface area contributed by atoms with Crippen LogP contribution in [0.4, 0.5) is 30.2 Å². The largest absolute Gasteiger partial charge is 0.479 e. The van der Waals surface area contributed by atoms with Gasteiger partial charge in [-0.05, 0) is 213 Å². The van der Waals surface area contributed by atoms with E-state index in [9.17, 15) is 38.1 Å². The summed E-state index contributed by atoms with van der Waals surface area (Å²) in [7, 11) is 0. The van der Waals surface area contributed by atoms with E-state index in [0.29, 0.717) is 35.5 Å². The molecule has 0 amide bonds. The molecule has 92 heavy (non-hydrogen) atoms. The van der Waals surface area contributed by atoms with E-state index in [1.165, 1.54) is 42.0 Å². The Morgan fingerprint density at radius 3 is 1.18 bits per heavy atom. The Morgan fingerprint density at radius 2 is 0.837 bits per heavy atom. The van der Waals surface area contributed by atoms with Crippen LogP contribution in [0.2, 0.25) is 0 Å². The highest BCUT2D eigenvalue weighted by Gasteiger charge is 2.39. The highest BCUT2D eigenvalue weighted by molar-refractivity contribution is 5.89. The zero-order valence-corrected chi connectivity index (χ0v) is 56.5. The fraction of sp³-hybridized carbons (Fsp3) is 0.455. The fourth-order valence-corrected chi connectivity index (χ4v) is 12.6. The number of carboxylic acid groups (broad SMARTS) is 2. The zero-order valence-electron chi connectivity index (χ0n) is 56.5. The molecule has 15 heteroatoms. The summed E-state index contributed by atoms with van der Waals surface area (Å²) in [6, 6.07) is 35.6. The molecule has 2 aliphatic heterocycles. The van der Waals surface area contributed by atoms with E-state index < -0.39 is 41.6 Å². The molecule has 2 fully saturated rings. The van der Waals surface area contributed by atoms with Gasteiger partial charge in [0.1, 0.15) is 23.7 Å². The van der Waals surface area contributed by atoms with E-state index in [0.717, 1.165) is 139 Å². The first kappa shape index (κ1) is 70.3. The van der Waals surface area contributed by atoms with E-state index in [1.807, 2.05) is 111 Å². The lowest BCUT2D eigenvalue weighted by atomic mass is 9.81. The second-order valence-electron chi connectivity index (χ2n) is 28.6. The van der Waals surface area contributed by atoms with Crippen molar-refractivity contribution in [3.05, 3.63) is 195 Å². The number of carbonyl (C=O) groups is 2. The van der Waals surface area contributed by atoms with E-state index >= 15 is 0 Å². The van der Waals surface area contributed by atoms with E-state index in [4.69, 9.17) is 19.4 Å². The summed E-state index contributed by atoms with van der Waals surface area (Å²) in [6.45, 7) is 31.8. The Labute approximate surface area is 543 Å². The van der Waals surface area contributed by atoms with Crippen molar-refractivity contribution in [1.29, 1.82) is 0 Å². The van der Waals surface area contributed by atoms with Crippen LogP contribution in [-0.4, -0.2) is 87.4 Å². The number of halogens is 3. The SMILES string of the molecule is Cc1nc(C)c([C@H](OC(C)(C)C)C(=O)O)c(N2CCC(C)(C)CC2)c1-c1ccc(CCCc2ccc(F)cc2)cc1.Cc1nc(C)c([C@H](OC(C)(C)C)C(=O)O)c(N2CCC(C)(C)CC2)c1-c1ccc(N(CCc2ccc(F)cc2)C(O)Cc2ccc(F)cc2)cc1. The highest BCUT2D eigenvalue weighted by atomic mass is 19.1. The number of anilines is 3. The number of nitrogens with zero attached hydrogens (tertiary/aromatic N) is 5. The molecule has 9 rings (SSSR count). The Balaban J connectivity index is 0.000000242. The lowest BCUT2D eigenvalue weighted by Crippen LogP contribution is -2.39. The Bertz CT molecular complexity index is 3620. The van der Waals surface area contributed by atoms with Crippen molar-refractivity contribution in [2.75, 3.05) is 47.4 Å². The lowest BCUT2D eigenvalue weighted by Gasteiger charge is -2.41. The Hall–Kier alpha value is -7.59. The van der Waals surface area contributed by atoms with Gasteiger partial charge in [0.15, 0.2) is 12.2 Å². The number of hydrogen-bond acceptors (Lipinski definition) is 10. The number of rotatable bonds is 21. The van der Waals surface area contributed by atoms with Crippen LogP contribution >= 0.6 is 0 Å². The maximum atomic E-state index is 13.6. The maximum absolute atomic E-state index is 13.6. The van der Waals surface area contributed by atoms with Crippen LogP contribution in [-0.2, 0) is 44.7 Å². The molecule has 0 aliphatic carbocycles. The first-order valence-electron chi connectivity index (χ1n) is 32.5. The molecule has 2 aliphatic rings. The molecule has 12 nitrogen and oxygen atoms in total. The lowest BCUT2D eigenvalue weighted by molar-refractivity contribution is -0.161. The topological polar surface area (TPSA) is 149 Å². The quantitative estimate of drug-likeness (QED) is 0.0588. The molecule has 3 atom stereocenters. The molecule has 4 heterocycles. The van der Waals surface area contributed by atoms with Gasteiger partial charge in [-0.1, -0.05) is 100 Å². The Morgan fingerprint density at radius 1 is 0.511 bits per heavy atom. The minimum absolute atomic E-state index is 0.176. The number of hydrogen-bond donors (Lipinski definition) is 3. The van der Waals surface area contributed by atoms with Gasteiger partial charge in [-0.3, -0.25) is 9.97 Å². The van der Waals surface area contributed by atoms with Gasteiger partial charge in [0.25, 0.3) is 0 Å². The summed E-state index contributed by atoms with van der Waals surface area (Å²) in [6.07, 6.45) is 4.32. The van der Waals surface area contributed by atoms with Crippen LogP contribution in [0.5, 0.6) is 0 Å². The van der Waals surface area contributed by atoms with Crippen LogP contribution in [0.1, 0.15) is 170 Å². The van der Waals surface area contributed by atoms with Crippen molar-refractivity contribution < 1.29 is 47.6 Å². The molecule has 2 aromatic heterocycles. The molecule has 7 aromatic rings. The number of benzene rings is 5. The number of aliphatic hydroxyl groups excluding tert-OH is 1. The molecule has 3 N–H and O–H groups in total. The third-order valence-corrected chi connectivity index (χ3v) is 17.8. The summed E-state index contributed by atoms with van der Waals surface area (Å²) in [4.78, 5) is 41.9. The minimum atomic E-state index is -1.22. The molecule has 492 valence electrons. The van der Waals surface area contributed by atoms with Crippen molar-refractivity contribution in [2.45, 2.75) is 184 Å². The number of aliphatic carboxylic acids is 2. The predicted molar refractivity (Wildman–Crippen MR) is 363 cm³/mol. The van der Waals surface area contributed by atoms with E-state index in [2.05, 4.69) is 61.8 Å². The van der Waals surface area contributed by atoms with E-state index in [-0.39, 0.29) is 34.7 Å². The summed E-state index contributed by atoms with van der Waals surface area (Å²) in [5.74, 6) is -2.92. The van der Waals surface area contributed by atoms with Gasteiger partial charge < -0.3 is 39.5 Å². The van der Waals surface area contributed by atoms with Crippen LogP contribution in [0.3, 0.4) is 0 Å². The van der Waals surface area contributed by atoms with Gasteiger partial charge in [0.05, 0.1) is 22.6 Å². The van der Waals surface area contributed by atoms with Crippen molar-refractivity contribution in [3.8, 4) is 22.3 Å². The number of aromatic nitrogens is 2. The van der Waals surface area contributed by atoms with Gasteiger partial charge in [-0.25, -0.2) is 22.8 Å². The number of aryl methyl sites for hydroxylation is 6. The minimum Gasteiger partial charge on any atom is -0.479 e. The van der Waals surface area contributed by atoms with Crippen molar-refractivity contribution >= 4 is 29.0 Å². The van der Waals surface area contributed by atoms with Gasteiger partial charge in [0.2, 0.25) is 0 Å². The molecule has 5 aromatic carbocycles. The third-order valence-electron chi connectivity index (χ3n) is 17.8. The Kier molecular flexibility index (Phi) is 22.6. The summed E-state index contributed by atoms with van der Waals surface area (Å²) >= 11 is 0. The summed E-state index contributed by atoms with van der Waals surface area (Å²) in [5, 5.41) is 32.5. The molecule has 0 bridgehead atoms. The number of piperidine rings is 2. The number of aliphatic hydroxyl groups is 1. The summed E-state index contributed by atoms with van der Waals surface area (Å²) < 4.78 is 52.9. The summed E-state index contributed by atoms with van der Waals surface area (Å²) in [5.41, 5.74) is 13.6. The van der Waals surface area contributed by atoms with Crippen LogP contribution in [0, 0.1) is 56.0 Å². The maximum Gasteiger partial charge on any atom is 0.337 e. The van der Waals surface area contributed by atoms with E-state index in [1.54, 1.807) is 24.3 Å². The van der Waals surface area contributed by atoms with Crippen LogP contribution in [0.15, 0.2) is 121 Å². The zero-order chi connectivity index (χ0) is 67.0. The van der Waals surface area contributed by atoms with Crippen molar-refractivity contribution in [2.24, 2.45) is 10.8 Å². The number of ether oxygens (including phenoxy) is 2. The molecule has 0 spiro atoms. The standard InChI is InChI=1S/C42H51F2N3O4.C35H45FN2O3/c1-27-36(38(46-24-21-42(6,7)22-25-46)37(28(2)45-27)39(40(49)50)51-41(3,4)5)31-12-18-34(19-13-31)47(23-20-29-8-14-32(43)15-9-29)35(48)26-30-10-16-33(44)17-11-30;1-23-29(27-15-11-25(12-16-27)9-8-10-26-13-17-28(36)18-14-26)31(38-21-19-35(6,7)20-22-38)30(24(2)37-23)32(33(39)40)41-34(3,4)5/h8-19,35,39,48H,20-26H2,1-7H3,(H,49,50);11-18,32H,8-10,19-22H2,1-7H3,(H,39,40)/t35?,39-;32-/m00/s1. The predicted octanol–water partition coefficient (Wildman–Crippen LogP) is 17.1. The second kappa shape index (κ2) is 29.6. The van der Waals surface area contributed by atoms with Crippen molar-refractivity contribution in [1.82, 2.24) is 9.97 Å². The van der Waals surface area contributed by atoms with Gasteiger partial charge in [-0.15, -0.1) is 0 Å². The number of pyridine rings is 2. The third kappa shape index (κ3) is 18.6. The first-order valence-corrected chi connectivity index (χ1v) is 32.5. The second-order valence-corrected chi connectivity index (χ2v) is 28.6. The molecule has 0 saturated carbocycles. The van der Waals surface area contributed by atoms with Gasteiger partial charge in [-0.2, -0.15) is 0 Å². The van der Waals surface area contributed by atoms with Crippen LogP contribution < -0.4 is 14.7 Å². The molecular formula is C77H96F3N5O7. The fourth-order valence-electron chi connectivity index (χ4n) is 12.6. The monoisotopic (exact) mass is 1260 g/mol. The first-order chi connectivity index (χ1) is 43.2. The average molecular weight is 1260 g/mol. The molecular weight excluding hydrogens is 1160 g/mol. The van der Waals surface area contributed by atoms with Gasteiger partial charge >= 0.3 is 11.9 Å². The molecule has 1 unspecified atom stereocenters. The molecule has 0 radical (unpaired) electrons. The normalized spacial score (nSPS) is 15.9. The van der Waals surface area contributed by atoms with Crippen molar-refractivity contribution in [3.63, 3.8) is 0 Å². The van der Waals surface area contributed by atoms with Crippen LogP contribution in [0.25, 0.3) is 22.3 Å².